The van der Waals surface area contributed by atoms with Gasteiger partial charge in [0.2, 0.25) is 5.91 Å². The van der Waals surface area contributed by atoms with Crippen LogP contribution in [0.25, 0.3) is 0 Å². The van der Waals surface area contributed by atoms with E-state index in [-0.39, 0.29) is 5.91 Å². The van der Waals surface area contributed by atoms with Gasteiger partial charge in [0, 0.05) is 13.0 Å². The number of nitrogens with one attached hydrogen (secondary N) is 1. The van der Waals surface area contributed by atoms with Gasteiger partial charge >= 0.3 is 5.66 Å². The van der Waals surface area contributed by atoms with E-state index in [1.807, 2.05) is 0 Å². The number of nitrogens with zero attached hydrogens (tertiary/aromatic N) is 2. The van der Waals surface area contributed by atoms with E-state index in [9.17, 15) is 25.0 Å². The molecule has 0 heterocycles. The molecule has 3 atom stereocenters. The summed E-state index contributed by atoms with van der Waals surface area (Å²) in [6.45, 7) is 1.31. The van der Waals surface area contributed by atoms with E-state index < -0.39 is 33.4 Å². The number of nitro groups is 2. The predicted octanol–water partition coefficient (Wildman–Crippen LogP) is 0.171. The van der Waals surface area contributed by atoms with Crippen molar-refractivity contribution in [1.29, 1.82) is 0 Å². The fourth-order valence-corrected chi connectivity index (χ4v) is 3.42. The van der Waals surface area contributed by atoms with Crippen molar-refractivity contribution >= 4 is 5.91 Å². The van der Waals surface area contributed by atoms with Crippen molar-refractivity contribution in [2.45, 2.75) is 37.9 Å². The molecule has 0 aromatic heterocycles. The van der Waals surface area contributed by atoms with Crippen LogP contribution in [0.2, 0.25) is 0 Å². The Morgan fingerprint density at radius 2 is 1.88 bits per heavy atom. The van der Waals surface area contributed by atoms with E-state index in [0.717, 1.165) is 0 Å². The maximum atomic E-state index is 11.1. The van der Waals surface area contributed by atoms with E-state index in [0.29, 0.717) is 19.3 Å². The molecule has 1 amide bonds. The Labute approximate surface area is 96.7 Å². The first-order chi connectivity index (χ1) is 7.90. The first-order valence-corrected chi connectivity index (χ1v) is 5.46. The number of carbonyl (C=O) groups excluding carboxylic acids is 1. The van der Waals surface area contributed by atoms with Gasteiger partial charge in [-0.15, -0.1) is 0 Å². The van der Waals surface area contributed by atoms with Crippen LogP contribution in [0.3, 0.4) is 0 Å². The molecular formula is C9H13N3O5. The molecule has 2 saturated carbocycles. The zero-order chi connectivity index (χ0) is 12.8. The number of amides is 1. The van der Waals surface area contributed by atoms with Crippen molar-refractivity contribution in [2.75, 3.05) is 0 Å². The lowest BCUT2D eigenvalue weighted by Crippen LogP contribution is -2.53. The molecule has 0 aliphatic heterocycles. The summed E-state index contributed by atoms with van der Waals surface area (Å²) >= 11 is 0. The predicted molar refractivity (Wildman–Crippen MR) is 55.2 cm³/mol. The maximum absolute atomic E-state index is 11.1. The second-order valence-corrected chi connectivity index (χ2v) is 4.72. The SMILES string of the molecule is CC(=O)NC1CC2CCC1C2([N+](=O)[O-])[N+](=O)[O-]. The molecule has 8 heteroatoms. The van der Waals surface area contributed by atoms with E-state index in [2.05, 4.69) is 5.32 Å². The molecule has 2 rings (SSSR count). The van der Waals surface area contributed by atoms with Gasteiger partial charge < -0.3 is 5.32 Å². The lowest BCUT2D eigenvalue weighted by molar-refractivity contribution is -0.807. The zero-order valence-corrected chi connectivity index (χ0v) is 9.29. The minimum atomic E-state index is -2.09. The molecule has 2 aliphatic rings. The molecule has 17 heavy (non-hydrogen) atoms. The fourth-order valence-electron chi connectivity index (χ4n) is 3.42. The van der Waals surface area contributed by atoms with E-state index in [1.54, 1.807) is 0 Å². The minimum Gasteiger partial charge on any atom is -0.353 e. The zero-order valence-electron chi connectivity index (χ0n) is 9.29. The third-order valence-corrected chi connectivity index (χ3v) is 3.97. The smallest absolute Gasteiger partial charge is 0.353 e. The standard InChI is InChI=1S/C9H13N3O5/c1-5(13)10-8-4-6-2-3-7(8)9(6,11(14)15)12(16)17/h6-8H,2-4H2,1H3,(H,10,13). The highest BCUT2D eigenvalue weighted by Crippen LogP contribution is 2.54. The van der Waals surface area contributed by atoms with Gasteiger partial charge in [-0.2, -0.15) is 0 Å². The van der Waals surface area contributed by atoms with Gasteiger partial charge in [0.05, 0.1) is 9.85 Å². The molecule has 1 N–H and O–H groups in total. The van der Waals surface area contributed by atoms with Gasteiger partial charge in [0.1, 0.15) is 11.8 Å². The van der Waals surface area contributed by atoms with E-state index >= 15 is 0 Å². The highest BCUT2D eigenvalue weighted by molar-refractivity contribution is 5.73. The van der Waals surface area contributed by atoms with Gasteiger partial charge in [-0.05, 0) is 19.3 Å². The summed E-state index contributed by atoms with van der Waals surface area (Å²) < 4.78 is 0. The molecule has 2 bridgehead atoms. The van der Waals surface area contributed by atoms with Crippen LogP contribution < -0.4 is 5.32 Å². The Hall–Kier alpha value is -1.73. The third kappa shape index (κ3) is 1.39. The van der Waals surface area contributed by atoms with Gasteiger partial charge in [0.15, 0.2) is 0 Å². The van der Waals surface area contributed by atoms with Crippen LogP contribution in [0.5, 0.6) is 0 Å². The van der Waals surface area contributed by atoms with Crippen LogP contribution in [0.15, 0.2) is 0 Å². The Morgan fingerprint density at radius 3 is 2.29 bits per heavy atom. The van der Waals surface area contributed by atoms with Crippen molar-refractivity contribution in [3.05, 3.63) is 20.2 Å². The second-order valence-electron chi connectivity index (χ2n) is 4.72. The maximum Gasteiger partial charge on any atom is 0.465 e. The second kappa shape index (κ2) is 3.64. The first kappa shape index (κ1) is 11.7. The third-order valence-electron chi connectivity index (χ3n) is 3.97. The van der Waals surface area contributed by atoms with Crippen molar-refractivity contribution < 1.29 is 14.6 Å². The highest BCUT2D eigenvalue weighted by atomic mass is 16.7. The van der Waals surface area contributed by atoms with Crippen LogP contribution >= 0.6 is 0 Å². The largest absolute Gasteiger partial charge is 0.465 e. The lowest BCUT2D eigenvalue weighted by Gasteiger charge is -2.20. The quantitative estimate of drug-likeness (QED) is 0.431. The molecule has 0 aromatic carbocycles. The average Bonchev–Trinajstić information content (AvgIpc) is 2.68. The highest BCUT2D eigenvalue weighted by Gasteiger charge is 2.77. The fraction of sp³-hybridized carbons (Fsp3) is 0.889. The first-order valence-electron chi connectivity index (χ1n) is 5.46. The molecule has 94 valence electrons. The van der Waals surface area contributed by atoms with Gasteiger partial charge in [-0.3, -0.25) is 25.0 Å². The monoisotopic (exact) mass is 243 g/mol. The van der Waals surface area contributed by atoms with Crippen LogP contribution in [0, 0.1) is 32.1 Å². The molecule has 0 spiro atoms. The number of hydrogen-bond donors (Lipinski definition) is 1. The Bertz CT molecular complexity index is 382. The van der Waals surface area contributed by atoms with Crippen molar-refractivity contribution in [1.82, 2.24) is 5.32 Å². The molecule has 2 aliphatic carbocycles. The van der Waals surface area contributed by atoms with Crippen molar-refractivity contribution in [3.63, 3.8) is 0 Å². The van der Waals surface area contributed by atoms with Crippen LogP contribution in [-0.4, -0.2) is 27.5 Å². The number of rotatable bonds is 3. The topological polar surface area (TPSA) is 115 Å². The number of fused-ring (bicyclic) bond motifs is 2. The van der Waals surface area contributed by atoms with Crippen LogP contribution in [0.1, 0.15) is 26.2 Å². The Morgan fingerprint density at radius 1 is 1.29 bits per heavy atom. The summed E-state index contributed by atoms with van der Waals surface area (Å²) in [6, 6.07) is -0.443. The molecule has 0 radical (unpaired) electrons. The summed E-state index contributed by atoms with van der Waals surface area (Å²) in [5, 5.41) is 24.8. The van der Waals surface area contributed by atoms with Crippen molar-refractivity contribution in [3.8, 4) is 0 Å². The van der Waals surface area contributed by atoms with Crippen LogP contribution in [-0.2, 0) is 4.79 Å². The summed E-state index contributed by atoms with van der Waals surface area (Å²) in [7, 11) is 0. The molecule has 8 nitrogen and oxygen atoms in total. The minimum absolute atomic E-state index is 0.303. The van der Waals surface area contributed by atoms with Gasteiger partial charge in [-0.25, -0.2) is 0 Å². The summed E-state index contributed by atoms with van der Waals surface area (Å²) in [6.07, 6.45) is 1.24. The molecule has 3 unspecified atom stereocenters. The van der Waals surface area contributed by atoms with Crippen LogP contribution in [0.4, 0.5) is 0 Å². The Balaban J connectivity index is 2.34. The number of hydrogen-bond acceptors (Lipinski definition) is 5. The average molecular weight is 243 g/mol. The molecule has 0 saturated heterocycles. The van der Waals surface area contributed by atoms with E-state index in [1.165, 1.54) is 6.92 Å². The normalized spacial score (nSPS) is 33.4. The molecular weight excluding hydrogens is 230 g/mol. The summed E-state index contributed by atoms with van der Waals surface area (Å²) in [4.78, 5) is 31.7. The molecule has 0 aromatic rings. The van der Waals surface area contributed by atoms with E-state index in [4.69, 9.17) is 0 Å². The van der Waals surface area contributed by atoms with Gasteiger partial charge in [-0.1, -0.05) is 0 Å². The Kier molecular flexibility index (Phi) is 2.52. The number of carbonyl (C=O) groups is 1. The van der Waals surface area contributed by atoms with Crippen molar-refractivity contribution in [2.24, 2.45) is 11.8 Å². The summed E-state index contributed by atoms with van der Waals surface area (Å²) in [5.74, 6) is -1.57. The van der Waals surface area contributed by atoms with Gasteiger partial charge in [0.25, 0.3) is 0 Å². The molecule has 2 fully saturated rings. The lowest BCUT2D eigenvalue weighted by atomic mass is 9.95. The summed E-state index contributed by atoms with van der Waals surface area (Å²) in [5.41, 5.74) is -2.09.